The number of pyridine rings is 1. The predicted molar refractivity (Wildman–Crippen MR) is 90.4 cm³/mol. The first-order chi connectivity index (χ1) is 11.6. The van der Waals surface area contributed by atoms with E-state index in [9.17, 15) is 9.59 Å². The first kappa shape index (κ1) is 14.7. The van der Waals surface area contributed by atoms with E-state index in [2.05, 4.69) is 0 Å². The Bertz CT molecular complexity index is 1010. The number of ether oxygens (including phenoxy) is 1. The molecule has 120 valence electrons. The molecule has 0 spiro atoms. The van der Waals surface area contributed by atoms with Crippen molar-refractivity contribution in [3.05, 3.63) is 63.8 Å². The van der Waals surface area contributed by atoms with Crippen LogP contribution in [0, 0.1) is 0 Å². The standard InChI is InChI=1S/C17H12N2O4S/c18-15-10-6-7-24-14(10)13-12(23-17(21)22)8-11(16(20)19(13)15)9-4-2-1-3-5-9/h1-8,15H,18H2,(H,21,22). The number of aromatic nitrogens is 1. The molecule has 0 amide bonds. The number of carbonyl (C=O) groups is 1. The lowest BCUT2D eigenvalue weighted by Crippen LogP contribution is -2.29. The second kappa shape index (κ2) is 5.33. The minimum absolute atomic E-state index is 0.109. The highest BCUT2D eigenvalue weighted by Crippen LogP contribution is 2.45. The van der Waals surface area contributed by atoms with Gasteiger partial charge in [0, 0.05) is 5.56 Å². The van der Waals surface area contributed by atoms with E-state index in [0.29, 0.717) is 16.8 Å². The minimum Gasteiger partial charge on any atom is -0.449 e. The lowest BCUT2D eigenvalue weighted by molar-refractivity contribution is 0.144. The van der Waals surface area contributed by atoms with Gasteiger partial charge in [0.15, 0.2) is 5.75 Å². The van der Waals surface area contributed by atoms with Gasteiger partial charge in [-0.15, -0.1) is 11.3 Å². The van der Waals surface area contributed by atoms with Crippen molar-refractivity contribution in [3.8, 4) is 27.4 Å². The fraction of sp³-hybridized carbons (Fsp3) is 0.0588. The van der Waals surface area contributed by atoms with Crippen molar-refractivity contribution >= 4 is 17.5 Å². The third-order valence-electron chi connectivity index (χ3n) is 3.99. The summed E-state index contributed by atoms with van der Waals surface area (Å²) in [5.41, 5.74) is 8.17. The highest BCUT2D eigenvalue weighted by atomic mass is 32.1. The van der Waals surface area contributed by atoms with Crippen molar-refractivity contribution < 1.29 is 14.6 Å². The zero-order valence-electron chi connectivity index (χ0n) is 12.3. The molecule has 1 unspecified atom stereocenters. The fourth-order valence-electron chi connectivity index (χ4n) is 2.98. The Morgan fingerprint density at radius 3 is 2.71 bits per heavy atom. The molecule has 0 saturated carbocycles. The van der Waals surface area contributed by atoms with Gasteiger partial charge in [-0.05, 0) is 23.1 Å². The molecule has 0 saturated heterocycles. The zero-order valence-corrected chi connectivity index (χ0v) is 13.1. The Labute approximate surface area is 140 Å². The van der Waals surface area contributed by atoms with Gasteiger partial charge in [-0.25, -0.2) is 4.79 Å². The number of thiophene rings is 1. The first-order valence-electron chi connectivity index (χ1n) is 7.17. The van der Waals surface area contributed by atoms with Crippen molar-refractivity contribution in [1.82, 2.24) is 4.57 Å². The molecule has 24 heavy (non-hydrogen) atoms. The molecule has 0 radical (unpaired) electrons. The monoisotopic (exact) mass is 340 g/mol. The predicted octanol–water partition coefficient (Wildman–Crippen LogP) is 3.12. The van der Waals surface area contributed by atoms with Crippen molar-refractivity contribution in [3.63, 3.8) is 0 Å². The molecule has 1 aliphatic rings. The summed E-state index contributed by atoms with van der Waals surface area (Å²) >= 11 is 1.40. The summed E-state index contributed by atoms with van der Waals surface area (Å²) in [6.07, 6.45) is -2.09. The molecule has 7 heteroatoms. The molecule has 1 aromatic carbocycles. The quantitative estimate of drug-likeness (QED) is 0.699. The van der Waals surface area contributed by atoms with Crippen molar-refractivity contribution in [2.75, 3.05) is 0 Å². The molecule has 0 aliphatic carbocycles. The number of carboxylic acid groups (broad SMARTS) is 1. The lowest BCUT2D eigenvalue weighted by atomic mass is 10.1. The number of fused-ring (bicyclic) bond motifs is 3. The van der Waals surface area contributed by atoms with Gasteiger partial charge in [0.1, 0.15) is 11.9 Å². The van der Waals surface area contributed by atoms with Crippen LogP contribution in [0.25, 0.3) is 21.7 Å². The van der Waals surface area contributed by atoms with Crippen LogP contribution in [0.15, 0.2) is 52.6 Å². The highest BCUT2D eigenvalue weighted by Gasteiger charge is 2.33. The molecule has 2 aromatic heterocycles. The summed E-state index contributed by atoms with van der Waals surface area (Å²) in [5.74, 6) is 0.109. The second-order valence-corrected chi connectivity index (χ2v) is 6.25. The summed E-state index contributed by atoms with van der Waals surface area (Å²) < 4.78 is 6.36. The lowest BCUT2D eigenvalue weighted by Gasteiger charge is -2.15. The van der Waals surface area contributed by atoms with Gasteiger partial charge in [-0.3, -0.25) is 9.36 Å². The van der Waals surface area contributed by atoms with E-state index in [1.165, 1.54) is 22.0 Å². The summed E-state index contributed by atoms with van der Waals surface area (Å²) in [5, 5.41) is 10.9. The van der Waals surface area contributed by atoms with E-state index in [1.54, 1.807) is 24.3 Å². The van der Waals surface area contributed by atoms with Crippen LogP contribution in [0.3, 0.4) is 0 Å². The van der Waals surface area contributed by atoms with E-state index in [-0.39, 0.29) is 11.3 Å². The highest BCUT2D eigenvalue weighted by molar-refractivity contribution is 7.13. The van der Waals surface area contributed by atoms with Crippen LogP contribution in [-0.2, 0) is 0 Å². The molecule has 0 bridgehead atoms. The van der Waals surface area contributed by atoms with Crippen molar-refractivity contribution in [2.24, 2.45) is 5.73 Å². The molecule has 3 heterocycles. The molecule has 1 aliphatic heterocycles. The van der Waals surface area contributed by atoms with Crippen molar-refractivity contribution in [2.45, 2.75) is 6.17 Å². The van der Waals surface area contributed by atoms with Crippen molar-refractivity contribution in [1.29, 1.82) is 0 Å². The first-order valence-corrected chi connectivity index (χ1v) is 8.05. The molecule has 1 atom stereocenters. The average Bonchev–Trinajstić information content (AvgIpc) is 3.13. The van der Waals surface area contributed by atoms with E-state index in [0.717, 1.165) is 10.4 Å². The number of hydrogen-bond donors (Lipinski definition) is 2. The van der Waals surface area contributed by atoms with Gasteiger partial charge in [0.25, 0.3) is 5.56 Å². The largest absolute Gasteiger partial charge is 0.511 e. The maximum absolute atomic E-state index is 13.0. The van der Waals surface area contributed by atoms with E-state index in [4.69, 9.17) is 15.6 Å². The summed E-state index contributed by atoms with van der Waals surface area (Å²) in [7, 11) is 0. The molecular weight excluding hydrogens is 328 g/mol. The Balaban J connectivity index is 2.04. The van der Waals surface area contributed by atoms with Crippen LogP contribution < -0.4 is 16.0 Å². The summed E-state index contributed by atoms with van der Waals surface area (Å²) in [4.78, 5) is 24.8. The van der Waals surface area contributed by atoms with Crippen LogP contribution >= 0.6 is 11.3 Å². The maximum Gasteiger partial charge on any atom is 0.511 e. The fourth-order valence-corrected chi connectivity index (χ4v) is 3.96. The third-order valence-corrected chi connectivity index (χ3v) is 4.93. The van der Waals surface area contributed by atoms with E-state index < -0.39 is 12.3 Å². The van der Waals surface area contributed by atoms with Gasteiger partial charge in [-0.2, -0.15) is 0 Å². The van der Waals surface area contributed by atoms with Crippen LogP contribution in [0.2, 0.25) is 0 Å². The van der Waals surface area contributed by atoms with Crippen LogP contribution in [-0.4, -0.2) is 15.8 Å². The van der Waals surface area contributed by atoms with Gasteiger partial charge in [0.05, 0.1) is 10.4 Å². The van der Waals surface area contributed by atoms with Gasteiger partial charge in [-0.1, -0.05) is 30.3 Å². The average molecular weight is 340 g/mol. The Hall–Kier alpha value is -2.90. The molecular formula is C17H12N2O4S. The number of benzene rings is 1. The molecule has 3 N–H and O–H groups in total. The van der Waals surface area contributed by atoms with E-state index in [1.807, 2.05) is 17.5 Å². The van der Waals surface area contributed by atoms with Gasteiger partial charge in [0.2, 0.25) is 0 Å². The summed E-state index contributed by atoms with van der Waals surface area (Å²) in [6, 6.07) is 12.3. The number of hydrogen-bond acceptors (Lipinski definition) is 5. The maximum atomic E-state index is 13.0. The molecule has 3 aromatic rings. The molecule has 6 nitrogen and oxygen atoms in total. The Kier molecular flexibility index (Phi) is 3.26. The molecule has 4 rings (SSSR count). The Morgan fingerprint density at radius 2 is 2.00 bits per heavy atom. The zero-order chi connectivity index (χ0) is 16.8. The SMILES string of the molecule is NC1c2ccsc2-c2c(OC(=O)O)cc(-c3ccccc3)c(=O)n21. The molecule has 0 fully saturated rings. The minimum atomic E-state index is -1.44. The smallest absolute Gasteiger partial charge is 0.449 e. The van der Waals surface area contributed by atoms with E-state index >= 15 is 0 Å². The van der Waals surface area contributed by atoms with Gasteiger partial charge < -0.3 is 15.6 Å². The third kappa shape index (κ3) is 2.06. The normalized spacial score (nSPS) is 15.0. The second-order valence-electron chi connectivity index (χ2n) is 5.33. The van der Waals surface area contributed by atoms with Crippen LogP contribution in [0.4, 0.5) is 4.79 Å². The van der Waals surface area contributed by atoms with Gasteiger partial charge >= 0.3 is 6.16 Å². The number of rotatable bonds is 2. The number of nitrogens with zero attached hydrogens (tertiary/aromatic N) is 1. The van der Waals surface area contributed by atoms with Crippen LogP contribution in [0.1, 0.15) is 11.7 Å². The number of nitrogens with two attached hydrogens (primary N) is 1. The Morgan fingerprint density at radius 1 is 1.25 bits per heavy atom. The van der Waals surface area contributed by atoms with Crippen LogP contribution in [0.5, 0.6) is 5.75 Å². The topological polar surface area (TPSA) is 94.6 Å². The summed E-state index contributed by atoms with van der Waals surface area (Å²) in [6.45, 7) is 0.